The Bertz CT molecular complexity index is 975. The topological polar surface area (TPSA) is 78.3 Å². The molecule has 2 aromatic carbocycles. The lowest BCUT2D eigenvalue weighted by Gasteiger charge is -2.05. The van der Waals surface area contributed by atoms with E-state index >= 15 is 0 Å². The van der Waals surface area contributed by atoms with Crippen LogP contribution >= 0.6 is 0 Å². The van der Waals surface area contributed by atoms with Crippen LogP contribution < -0.4 is 10.5 Å². The van der Waals surface area contributed by atoms with Crippen LogP contribution in [0, 0.1) is 0 Å². The molecule has 0 saturated heterocycles. The number of nitrogens with two attached hydrogens (primary N) is 1. The summed E-state index contributed by atoms with van der Waals surface area (Å²) < 4.78 is 6.85. The van der Waals surface area contributed by atoms with E-state index in [9.17, 15) is 0 Å². The minimum absolute atomic E-state index is 0.456. The highest BCUT2D eigenvalue weighted by atomic mass is 16.5. The van der Waals surface area contributed by atoms with Crippen LogP contribution in [0.4, 0.5) is 5.82 Å². The zero-order valence-corrected chi connectivity index (χ0v) is 11.9. The molecule has 6 nitrogen and oxygen atoms in total. The van der Waals surface area contributed by atoms with Gasteiger partial charge in [0.2, 0.25) is 0 Å². The van der Waals surface area contributed by atoms with Crippen molar-refractivity contribution in [3.05, 3.63) is 48.5 Å². The maximum Gasteiger partial charge on any atom is 0.186 e. The summed E-state index contributed by atoms with van der Waals surface area (Å²) in [6.07, 6.45) is 0. The van der Waals surface area contributed by atoms with Gasteiger partial charge in [-0.3, -0.25) is 0 Å². The van der Waals surface area contributed by atoms with Crippen LogP contribution in [0.1, 0.15) is 0 Å². The van der Waals surface area contributed by atoms with Crippen molar-refractivity contribution in [2.75, 3.05) is 12.8 Å². The number of benzene rings is 2. The summed E-state index contributed by atoms with van der Waals surface area (Å²) in [6, 6.07) is 15.4. The molecule has 108 valence electrons. The Kier molecular flexibility index (Phi) is 2.69. The molecule has 22 heavy (non-hydrogen) atoms. The van der Waals surface area contributed by atoms with Crippen molar-refractivity contribution < 1.29 is 4.74 Å². The Morgan fingerprint density at radius 2 is 1.68 bits per heavy atom. The van der Waals surface area contributed by atoms with Gasteiger partial charge in [0, 0.05) is 16.3 Å². The summed E-state index contributed by atoms with van der Waals surface area (Å²) in [5, 5.41) is 14.8. The van der Waals surface area contributed by atoms with Gasteiger partial charge < -0.3 is 10.5 Å². The molecule has 0 saturated carbocycles. The first-order chi connectivity index (χ1) is 10.8. The SMILES string of the molecule is COc1ccc(-c2nnc3c4ccccc4c(N)nn23)cc1. The Morgan fingerprint density at radius 1 is 0.955 bits per heavy atom. The van der Waals surface area contributed by atoms with Gasteiger partial charge in [0.1, 0.15) is 5.75 Å². The van der Waals surface area contributed by atoms with Crippen molar-refractivity contribution in [1.29, 1.82) is 0 Å². The molecule has 0 aliphatic heterocycles. The number of nitrogen functional groups attached to an aromatic ring is 1. The Balaban J connectivity index is 1.99. The number of rotatable bonds is 2. The van der Waals surface area contributed by atoms with Gasteiger partial charge in [0.05, 0.1) is 7.11 Å². The molecule has 2 aromatic heterocycles. The molecule has 0 spiro atoms. The first-order valence-electron chi connectivity index (χ1n) is 6.82. The maximum absolute atomic E-state index is 6.07. The summed E-state index contributed by atoms with van der Waals surface area (Å²) >= 11 is 0. The van der Waals surface area contributed by atoms with E-state index in [1.807, 2.05) is 48.5 Å². The lowest BCUT2D eigenvalue weighted by atomic mass is 10.2. The predicted molar refractivity (Wildman–Crippen MR) is 84.7 cm³/mol. The summed E-state index contributed by atoms with van der Waals surface area (Å²) in [6.45, 7) is 0. The van der Waals surface area contributed by atoms with Gasteiger partial charge in [0.25, 0.3) is 0 Å². The predicted octanol–water partition coefficient (Wildman–Crippen LogP) is 2.54. The Hall–Kier alpha value is -3.15. The fraction of sp³-hybridized carbons (Fsp3) is 0.0625. The minimum atomic E-state index is 0.456. The normalized spacial score (nSPS) is 11.1. The van der Waals surface area contributed by atoms with E-state index in [2.05, 4.69) is 15.3 Å². The van der Waals surface area contributed by atoms with E-state index in [1.165, 1.54) is 0 Å². The minimum Gasteiger partial charge on any atom is -0.497 e. The first kappa shape index (κ1) is 12.6. The van der Waals surface area contributed by atoms with Crippen LogP contribution in [-0.2, 0) is 0 Å². The number of aromatic nitrogens is 4. The van der Waals surface area contributed by atoms with Crippen LogP contribution in [0.2, 0.25) is 0 Å². The van der Waals surface area contributed by atoms with E-state index in [0.717, 1.165) is 22.1 Å². The summed E-state index contributed by atoms with van der Waals surface area (Å²) in [5.74, 6) is 1.89. The molecule has 0 unspecified atom stereocenters. The van der Waals surface area contributed by atoms with Crippen molar-refractivity contribution in [2.45, 2.75) is 0 Å². The van der Waals surface area contributed by atoms with E-state index < -0.39 is 0 Å². The lowest BCUT2D eigenvalue weighted by molar-refractivity contribution is 0.415. The molecule has 2 heterocycles. The van der Waals surface area contributed by atoms with Crippen LogP contribution in [0.5, 0.6) is 5.75 Å². The Labute approximate surface area is 126 Å². The summed E-state index contributed by atoms with van der Waals surface area (Å²) in [7, 11) is 1.63. The fourth-order valence-electron chi connectivity index (χ4n) is 2.53. The van der Waals surface area contributed by atoms with Crippen LogP contribution in [0.25, 0.3) is 27.8 Å². The van der Waals surface area contributed by atoms with Crippen molar-refractivity contribution in [3.63, 3.8) is 0 Å². The van der Waals surface area contributed by atoms with E-state index in [-0.39, 0.29) is 0 Å². The van der Waals surface area contributed by atoms with Gasteiger partial charge in [-0.1, -0.05) is 24.3 Å². The third kappa shape index (κ3) is 1.77. The van der Waals surface area contributed by atoms with Gasteiger partial charge in [-0.25, -0.2) is 0 Å². The number of nitrogens with zero attached hydrogens (tertiary/aromatic N) is 4. The molecule has 0 aliphatic carbocycles. The quantitative estimate of drug-likeness (QED) is 0.614. The molecular weight excluding hydrogens is 278 g/mol. The number of anilines is 1. The van der Waals surface area contributed by atoms with Crippen LogP contribution in [0.15, 0.2) is 48.5 Å². The van der Waals surface area contributed by atoms with Gasteiger partial charge in [0.15, 0.2) is 17.3 Å². The van der Waals surface area contributed by atoms with Crippen molar-refractivity contribution >= 4 is 22.2 Å². The zero-order valence-electron chi connectivity index (χ0n) is 11.9. The lowest BCUT2D eigenvalue weighted by Crippen LogP contribution is -2.01. The molecule has 0 radical (unpaired) electrons. The standard InChI is InChI=1S/C16H13N5O/c1-22-11-8-6-10(7-9-11)15-18-19-16-13-5-3-2-4-12(13)14(17)20-21(15)16/h2-9H,1H3,(H2,17,20). The molecule has 6 heteroatoms. The average molecular weight is 291 g/mol. The number of hydrogen-bond donors (Lipinski definition) is 1. The van der Waals surface area contributed by atoms with E-state index in [4.69, 9.17) is 10.5 Å². The van der Waals surface area contributed by atoms with Crippen molar-refractivity contribution in [3.8, 4) is 17.1 Å². The van der Waals surface area contributed by atoms with Crippen molar-refractivity contribution in [1.82, 2.24) is 19.8 Å². The highest BCUT2D eigenvalue weighted by Gasteiger charge is 2.13. The second-order valence-electron chi connectivity index (χ2n) is 4.92. The molecule has 0 bridgehead atoms. The molecule has 0 fully saturated rings. The smallest absolute Gasteiger partial charge is 0.186 e. The molecule has 0 amide bonds. The highest BCUT2D eigenvalue weighted by molar-refractivity contribution is 5.99. The summed E-state index contributed by atoms with van der Waals surface area (Å²) in [5.41, 5.74) is 7.66. The maximum atomic E-state index is 6.07. The zero-order chi connectivity index (χ0) is 15.1. The average Bonchev–Trinajstić information content (AvgIpc) is 2.99. The van der Waals surface area contributed by atoms with Gasteiger partial charge in [-0.2, -0.15) is 4.52 Å². The Morgan fingerprint density at radius 3 is 2.41 bits per heavy atom. The second kappa shape index (κ2) is 4.70. The third-order valence-electron chi connectivity index (χ3n) is 3.64. The number of hydrogen-bond acceptors (Lipinski definition) is 5. The third-order valence-corrected chi connectivity index (χ3v) is 3.64. The molecular formula is C16H13N5O. The molecule has 4 rings (SSSR count). The van der Waals surface area contributed by atoms with Gasteiger partial charge >= 0.3 is 0 Å². The van der Waals surface area contributed by atoms with Crippen LogP contribution in [-0.4, -0.2) is 26.9 Å². The van der Waals surface area contributed by atoms with Crippen molar-refractivity contribution in [2.24, 2.45) is 0 Å². The molecule has 0 aliphatic rings. The second-order valence-corrected chi connectivity index (χ2v) is 4.92. The molecule has 2 N–H and O–H groups in total. The number of fused-ring (bicyclic) bond motifs is 3. The number of ether oxygens (including phenoxy) is 1. The molecule has 0 atom stereocenters. The summed E-state index contributed by atoms with van der Waals surface area (Å²) in [4.78, 5) is 0. The highest BCUT2D eigenvalue weighted by Crippen LogP contribution is 2.26. The van der Waals surface area contributed by atoms with E-state index in [1.54, 1.807) is 11.6 Å². The van der Waals surface area contributed by atoms with E-state index in [0.29, 0.717) is 17.3 Å². The molecule has 4 aromatic rings. The monoisotopic (exact) mass is 291 g/mol. The van der Waals surface area contributed by atoms with Gasteiger partial charge in [-0.15, -0.1) is 15.3 Å². The fourth-order valence-corrected chi connectivity index (χ4v) is 2.53. The first-order valence-corrected chi connectivity index (χ1v) is 6.82. The van der Waals surface area contributed by atoms with Gasteiger partial charge in [-0.05, 0) is 24.3 Å². The number of methoxy groups -OCH3 is 1. The van der Waals surface area contributed by atoms with Crippen LogP contribution in [0.3, 0.4) is 0 Å². The largest absolute Gasteiger partial charge is 0.497 e.